The number of methoxy groups -OCH3 is 1. The van der Waals surface area contributed by atoms with Crippen LogP contribution in [0.15, 0.2) is 41.5 Å². The van der Waals surface area contributed by atoms with E-state index in [4.69, 9.17) is 9.72 Å². The van der Waals surface area contributed by atoms with Crippen molar-refractivity contribution in [3.05, 3.63) is 47.8 Å². The van der Waals surface area contributed by atoms with Gasteiger partial charge in [0.05, 0.1) is 36.9 Å². The van der Waals surface area contributed by atoms with Crippen LogP contribution >= 0.6 is 0 Å². The van der Waals surface area contributed by atoms with E-state index in [1.54, 1.807) is 18.9 Å². The Kier molecular flexibility index (Phi) is 9.11. The Morgan fingerprint density at radius 2 is 1.76 bits per heavy atom. The van der Waals surface area contributed by atoms with Gasteiger partial charge in [0.2, 0.25) is 11.8 Å². The molecule has 0 fully saturated rings. The third-order valence-corrected chi connectivity index (χ3v) is 7.32. The first kappa shape index (κ1) is 28.4. The molecular weight excluding hydrogens is 464 g/mol. The minimum absolute atomic E-state index is 0.0386. The summed E-state index contributed by atoms with van der Waals surface area (Å²) in [6, 6.07) is 9.72. The molecule has 1 aliphatic rings. The van der Waals surface area contributed by atoms with E-state index in [1.807, 2.05) is 36.5 Å². The Morgan fingerprint density at radius 3 is 2.30 bits per heavy atom. The summed E-state index contributed by atoms with van der Waals surface area (Å²) in [5.41, 5.74) is 3.69. The minimum atomic E-state index is -0.168. The Balaban J connectivity index is 2.16. The Labute approximate surface area is 221 Å². The van der Waals surface area contributed by atoms with E-state index < -0.39 is 0 Å². The second-order valence-corrected chi connectivity index (χ2v) is 10.9. The van der Waals surface area contributed by atoms with Gasteiger partial charge in [0.15, 0.2) is 0 Å². The van der Waals surface area contributed by atoms with E-state index in [2.05, 4.69) is 51.4 Å². The second kappa shape index (κ2) is 11.9. The minimum Gasteiger partial charge on any atom is -0.497 e. The van der Waals surface area contributed by atoms with Gasteiger partial charge in [-0.15, -0.1) is 0 Å². The van der Waals surface area contributed by atoms with Crippen LogP contribution in [0.1, 0.15) is 72.6 Å². The number of amides is 2. The van der Waals surface area contributed by atoms with Gasteiger partial charge in [-0.3, -0.25) is 14.6 Å². The van der Waals surface area contributed by atoms with Crippen LogP contribution < -0.4 is 14.5 Å². The topological polar surface area (TPSA) is 75.1 Å². The lowest BCUT2D eigenvalue weighted by Gasteiger charge is -2.28. The molecule has 0 saturated carbocycles. The van der Waals surface area contributed by atoms with Gasteiger partial charge >= 0.3 is 0 Å². The third-order valence-electron chi connectivity index (χ3n) is 7.32. The highest BCUT2D eigenvalue weighted by molar-refractivity contribution is 6.12. The van der Waals surface area contributed by atoms with Crippen LogP contribution in [0.2, 0.25) is 0 Å². The van der Waals surface area contributed by atoms with Crippen molar-refractivity contribution < 1.29 is 14.3 Å². The molecule has 1 aliphatic heterocycles. The number of hydrogen-bond acceptors (Lipinski definition) is 5. The van der Waals surface area contributed by atoms with E-state index in [9.17, 15) is 9.59 Å². The molecule has 2 aromatic rings. The summed E-state index contributed by atoms with van der Waals surface area (Å²) in [4.78, 5) is 39.9. The number of benzene rings is 1. The molecule has 3 rings (SSSR count). The van der Waals surface area contributed by atoms with E-state index in [0.29, 0.717) is 23.6 Å². The van der Waals surface area contributed by atoms with Gasteiger partial charge in [0.25, 0.3) is 0 Å². The Bertz CT molecular complexity index is 1130. The van der Waals surface area contributed by atoms with Crippen molar-refractivity contribution in [3.8, 4) is 5.75 Å². The molecule has 7 nitrogen and oxygen atoms in total. The van der Waals surface area contributed by atoms with Crippen LogP contribution in [0, 0.1) is 17.3 Å². The molecular formula is C30H42N4O3. The van der Waals surface area contributed by atoms with Gasteiger partial charge < -0.3 is 14.5 Å². The molecule has 37 heavy (non-hydrogen) atoms. The van der Waals surface area contributed by atoms with Crippen molar-refractivity contribution in [2.75, 3.05) is 30.0 Å². The highest BCUT2D eigenvalue weighted by Gasteiger charge is 2.36. The summed E-state index contributed by atoms with van der Waals surface area (Å²) in [5, 5.41) is 0. The van der Waals surface area contributed by atoms with Crippen LogP contribution in [0.4, 0.5) is 11.4 Å². The number of carbonyl (C=O) groups excluding carboxylic acids is 2. The van der Waals surface area contributed by atoms with E-state index in [0.717, 1.165) is 42.9 Å². The fourth-order valence-corrected chi connectivity index (χ4v) is 4.96. The SMILES string of the molecule is CCN(CC)c1cnc(C2=NC(=O)C(C(C)(C)C)CCC2C)c(N(Cc2ccc(OC)cc2)C(C)=O)c1. The van der Waals surface area contributed by atoms with Crippen molar-refractivity contribution in [2.45, 2.75) is 67.9 Å². The number of hydrogen-bond donors (Lipinski definition) is 0. The first-order valence-electron chi connectivity index (χ1n) is 13.3. The molecule has 0 radical (unpaired) electrons. The molecule has 7 heteroatoms. The molecule has 0 aliphatic carbocycles. The normalized spacial score (nSPS) is 18.2. The standard InChI is InChI=1S/C30H42N4O3/c1-9-33(10-2)23-17-26(34(21(4)35)19-22-12-14-24(37-8)15-13-22)28(31-18-23)27-20(3)11-16-25(29(36)32-27)30(5,6)7/h12-15,17-18,20,25H,9-11,16,19H2,1-8H3. The monoisotopic (exact) mass is 506 g/mol. The molecule has 0 bridgehead atoms. The molecule has 2 amide bonds. The average Bonchev–Trinajstić information content (AvgIpc) is 3.01. The zero-order valence-electron chi connectivity index (χ0n) is 23.7. The number of aliphatic imine (C=N–C) groups is 1. The first-order valence-corrected chi connectivity index (χ1v) is 13.3. The van der Waals surface area contributed by atoms with Gasteiger partial charge in [0.1, 0.15) is 11.4 Å². The number of ether oxygens (including phenoxy) is 1. The lowest BCUT2D eigenvalue weighted by Crippen LogP contribution is -2.32. The molecule has 200 valence electrons. The zero-order valence-corrected chi connectivity index (χ0v) is 23.7. The predicted molar refractivity (Wildman–Crippen MR) is 151 cm³/mol. The van der Waals surface area contributed by atoms with Crippen LogP contribution in [0.25, 0.3) is 0 Å². The number of nitrogens with zero attached hydrogens (tertiary/aromatic N) is 4. The lowest BCUT2D eigenvalue weighted by molar-refractivity contribution is -0.124. The first-order chi connectivity index (χ1) is 17.5. The maximum atomic E-state index is 13.3. The lowest BCUT2D eigenvalue weighted by atomic mass is 9.77. The molecule has 0 spiro atoms. The second-order valence-electron chi connectivity index (χ2n) is 10.9. The van der Waals surface area contributed by atoms with Crippen molar-refractivity contribution in [1.29, 1.82) is 0 Å². The molecule has 0 saturated heterocycles. The molecule has 1 aromatic heterocycles. The highest BCUT2D eigenvalue weighted by atomic mass is 16.5. The van der Waals surface area contributed by atoms with Crippen LogP contribution in [0.5, 0.6) is 5.75 Å². The van der Waals surface area contributed by atoms with Crippen LogP contribution in [-0.4, -0.2) is 42.7 Å². The molecule has 2 unspecified atom stereocenters. The summed E-state index contributed by atoms with van der Waals surface area (Å²) in [5.74, 6) is 0.455. The smallest absolute Gasteiger partial charge is 0.249 e. The molecule has 0 N–H and O–H groups in total. The van der Waals surface area contributed by atoms with Gasteiger partial charge in [-0.25, -0.2) is 4.99 Å². The van der Waals surface area contributed by atoms with Crippen LogP contribution in [0.3, 0.4) is 0 Å². The quantitative estimate of drug-likeness (QED) is 0.446. The highest BCUT2D eigenvalue weighted by Crippen LogP contribution is 2.37. The molecule has 1 aromatic carbocycles. The van der Waals surface area contributed by atoms with Crippen LogP contribution in [-0.2, 0) is 16.1 Å². The number of aromatic nitrogens is 1. The maximum Gasteiger partial charge on any atom is 0.249 e. The largest absolute Gasteiger partial charge is 0.497 e. The van der Waals surface area contributed by atoms with Gasteiger partial charge in [0, 0.05) is 31.8 Å². The van der Waals surface area contributed by atoms with Gasteiger partial charge in [-0.1, -0.05) is 39.8 Å². The number of rotatable bonds is 8. The maximum absolute atomic E-state index is 13.3. The Hall–Kier alpha value is -3.22. The summed E-state index contributed by atoms with van der Waals surface area (Å²) in [7, 11) is 1.63. The van der Waals surface area contributed by atoms with Crippen molar-refractivity contribution in [1.82, 2.24) is 4.98 Å². The van der Waals surface area contributed by atoms with Gasteiger partial charge in [-0.2, -0.15) is 0 Å². The van der Waals surface area contributed by atoms with Gasteiger partial charge in [-0.05, 0) is 55.9 Å². The summed E-state index contributed by atoms with van der Waals surface area (Å²) in [6.07, 6.45) is 3.46. The van der Waals surface area contributed by atoms with E-state index in [-0.39, 0.29) is 29.1 Å². The number of anilines is 2. The summed E-state index contributed by atoms with van der Waals surface area (Å²) >= 11 is 0. The summed E-state index contributed by atoms with van der Waals surface area (Å²) < 4.78 is 5.29. The van der Waals surface area contributed by atoms with Crippen molar-refractivity contribution in [3.63, 3.8) is 0 Å². The summed E-state index contributed by atoms with van der Waals surface area (Å²) in [6.45, 7) is 16.1. The Morgan fingerprint density at radius 1 is 1.11 bits per heavy atom. The zero-order chi connectivity index (χ0) is 27.3. The van der Waals surface area contributed by atoms with Crippen molar-refractivity contribution in [2.24, 2.45) is 22.2 Å². The fourth-order valence-electron chi connectivity index (χ4n) is 4.96. The molecule has 2 heterocycles. The third kappa shape index (κ3) is 6.56. The number of pyridine rings is 1. The predicted octanol–water partition coefficient (Wildman–Crippen LogP) is 5.90. The number of carbonyl (C=O) groups is 2. The van der Waals surface area contributed by atoms with Crippen molar-refractivity contribution >= 4 is 28.9 Å². The molecule has 2 atom stereocenters. The fraction of sp³-hybridized carbons (Fsp3) is 0.533. The average molecular weight is 507 g/mol. The van der Waals surface area contributed by atoms with E-state index >= 15 is 0 Å². The van der Waals surface area contributed by atoms with E-state index in [1.165, 1.54) is 0 Å².